The second-order valence-electron chi connectivity index (χ2n) is 4.87. The molecule has 0 aromatic carbocycles. The number of carbonyl (C=O) groups is 1. The third-order valence-corrected chi connectivity index (χ3v) is 4.86. The van der Waals surface area contributed by atoms with Crippen LogP contribution in [-0.2, 0) is 0 Å². The molecule has 1 aromatic heterocycles. The van der Waals surface area contributed by atoms with Gasteiger partial charge in [-0.2, -0.15) is 0 Å². The van der Waals surface area contributed by atoms with Crippen LogP contribution in [0.5, 0.6) is 0 Å². The van der Waals surface area contributed by atoms with Gasteiger partial charge in [-0.1, -0.05) is 6.92 Å². The third-order valence-electron chi connectivity index (χ3n) is 3.60. The fraction of sp³-hybridized carbons (Fsp3) is 0.615. The van der Waals surface area contributed by atoms with Crippen LogP contribution in [-0.4, -0.2) is 23.3 Å². The summed E-state index contributed by atoms with van der Waals surface area (Å²) in [5.41, 5.74) is 0.0792. The van der Waals surface area contributed by atoms with E-state index in [4.69, 9.17) is 0 Å². The van der Waals surface area contributed by atoms with Crippen molar-refractivity contribution in [1.82, 2.24) is 0 Å². The van der Waals surface area contributed by atoms with Gasteiger partial charge in [0, 0.05) is 18.7 Å². The summed E-state index contributed by atoms with van der Waals surface area (Å²) < 4.78 is 0. The highest BCUT2D eigenvalue weighted by molar-refractivity contribution is 7.18. The van der Waals surface area contributed by atoms with E-state index in [0.29, 0.717) is 15.9 Å². The molecule has 0 aliphatic carbocycles. The normalized spacial score (nSPS) is 19.5. The van der Waals surface area contributed by atoms with Crippen molar-refractivity contribution >= 4 is 27.8 Å². The second kappa shape index (κ2) is 5.69. The molecule has 1 aliphatic heterocycles. The summed E-state index contributed by atoms with van der Waals surface area (Å²) in [5.74, 6) is -0.107. The lowest BCUT2D eigenvalue weighted by Gasteiger charge is -2.35. The molecule has 1 fully saturated rings. The highest BCUT2D eigenvalue weighted by Crippen LogP contribution is 2.41. The number of anilines is 1. The largest absolute Gasteiger partial charge is 0.355 e. The average molecular weight is 282 g/mol. The maximum Gasteiger partial charge on any atom is 0.304 e. The lowest BCUT2D eigenvalue weighted by Crippen LogP contribution is -2.38. The van der Waals surface area contributed by atoms with Crippen LogP contribution in [0, 0.1) is 10.1 Å². The Balaban J connectivity index is 2.41. The summed E-state index contributed by atoms with van der Waals surface area (Å²) in [4.78, 5) is 24.8. The average Bonchev–Trinajstić information content (AvgIpc) is 2.83. The highest BCUT2D eigenvalue weighted by atomic mass is 32.1. The van der Waals surface area contributed by atoms with E-state index >= 15 is 0 Å². The summed E-state index contributed by atoms with van der Waals surface area (Å²) in [5, 5.41) is 11.8. The minimum atomic E-state index is -0.375. The number of hydrogen-bond acceptors (Lipinski definition) is 5. The van der Waals surface area contributed by atoms with Gasteiger partial charge in [-0.25, -0.2) is 0 Å². The van der Waals surface area contributed by atoms with Gasteiger partial charge in [-0.15, -0.1) is 11.3 Å². The van der Waals surface area contributed by atoms with Gasteiger partial charge in [0.25, 0.3) is 0 Å². The van der Waals surface area contributed by atoms with Crippen LogP contribution in [0.25, 0.3) is 0 Å². The molecular formula is C13H18N2O3S. The summed E-state index contributed by atoms with van der Waals surface area (Å²) in [6.45, 7) is 4.40. The molecule has 1 aliphatic rings. The van der Waals surface area contributed by atoms with Crippen molar-refractivity contribution in [2.75, 3.05) is 11.4 Å². The first-order valence-electron chi connectivity index (χ1n) is 6.60. The van der Waals surface area contributed by atoms with Crippen molar-refractivity contribution < 1.29 is 9.72 Å². The van der Waals surface area contributed by atoms with E-state index in [2.05, 4.69) is 11.8 Å². The predicted octanol–water partition coefficient (Wildman–Crippen LogP) is 3.63. The Morgan fingerprint density at radius 2 is 2.32 bits per heavy atom. The second-order valence-corrected chi connectivity index (χ2v) is 5.90. The molecule has 1 atom stereocenters. The molecule has 2 rings (SSSR count). The van der Waals surface area contributed by atoms with Crippen LogP contribution in [0.15, 0.2) is 6.07 Å². The molecule has 19 heavy (non-hydrogen) atoms. The lowest BCUT2D eigenvalue weighted by atomic mass is 10.0. The van der Waals surface area contributed by atoms with Crippen LogP contribution in [0.1, 0.15) is 49.2 Å². The van der Waals surface area contributed by atoms with Crippen molar-refractivity contribution in [2.24, 2.45) is 0 Å². The van der Waals surface area contributed by atoms with Crippen LogP contribution in [0.3, 0.4) is 0 Å². The molecule has 0 saturated carbocycles. The molecule has 104 valence electrons. The SMILES string of the molecule is CCC1CCCCN1c1sc(C(C)=O)cc1[N+](=O)[O-]. The first-order valence-corrected chi connectivity index (χ1v) is 7.42. The number of rotatable bonds is 4. The van der Waals surface area contributed by atoms with Gasteiger partial charge in [0.15, 0.2) is 10.8 Å². The van der Waals surface area contributed by atoms with E-state index in [1.165, 1.54) is 30.7 Å². The van der Waals surface area contributed by atoms with E-state index in [1.807, 2.05) is 0 Å². The van der Waals surface area contributed by atoms with Gasteiger partial charge in [-0.3, -0.25) is 14.9 Å². The number of carbonyl (C=O) groups excluding carboxylic acids is 1. The number of ketones is 1. The summed E-state index contributed by atoms with van der Waals surface area (Å²) in [6.07, 6.45) is 4.28. The molecular weight excluding hydrogens is 264 g/mol. The number of nitrogens with zero attached hydrogens (tertiary/aromatic N) is 2. The van der Waals surface area contributed by atoms with Gasteiger partial charge in [0.1, 0.15) is 0 Å². The zero-order chi connectivity index (χ0) is 14.0. The van der Waals surface area contributed by atoms with Crippen LogP contribution in [0.2, 0.25) is 0 Å². The molecule has 6 heteroatoms. The van der Waals surface area contributed by atoms with Crippen molar-refractivity contribution in [2.45, 2.75) is 45.6 Å². The summed E-state index contributed by atoms with van der Waals surface area (Å²) in [6, 6.07) is 1.77. The Morgan fingerprint density at radius 3 is 2.89 bits per heavy atom. The van der Waals surface area contributed by atoms with Gasteiger partial charge in [0.05, 0.1) is 9.80 Å². The Hall–Kier alpha value is -1.43. The summed E-state index contributed by atoms with van der Waals surface area (Å²) >= 11 is 1.26. The Morgan fingerprint density at radius 1 is 1.58 bits per heavy atom. The van der Waals surface area contributed by atoms with Crippen LogP contribution in [0.4, 0.5) is 10.7 Å². The van der Waals surface area contributed by atoms with Gasteiger partial charge in [-0.05, 0) is 32.6 Å². The fourth-order valence-electron chi connectivity index (χ4n) is 2.57. The standard InChI is InChI=1S/C13H18N2O3S/c1-3-10-6-4-5-7-14(10)13-11(15(17)18)8-12(19-13)9(2)16/h8,10H,3-7H2,1-2H3. The van der Waals surface area contributed by atoms with E-state index in [9.17, 15) is 14.9 Å². The maximum absolute atomic E-state index is 11.4. The number of piperidine rings is 1. The predicted molar refractivity (Wildman–Crippen MR) is 76.3 cm³/mol. The number of Topliss-reactive ketones (excluding diaryl/α,β-unsaturated/α-hetero) is 1. The number of nitro groups is 1. The van der Waals surface area contributed by atoms with Gasteiger partial charge >= 0.3 is 5.69 Å². The van der Waals surface area contributed by atoms with Crippen molar-refractivity contribution in [3.05, 3.63) is 21.1 Å². The minimum absolute atomic E-state index is 0.0792. The molecule has 1 unspecified atom stereocenters. The van der Waals surface area contributed by atoms with E-state index < -0.39 is 0 Å². The van der Waals surface area contributed by atoms with Crippen LogP contribution >= 0.6 is 11.3 Å². The number of hydrogen-bond donors (Lipinski definition) is 0. The van der Waals surface area contributed by atoms with E-state index in [1.54, 1.807) is 0 Å². The first-order chi connectivity index (χ1) is 9.04. The topological polar surface area (TPSA) is 63.5 Å². The summed E-state index contributed by atoms with van der Waals surface area (Å²) in [7, 11) is 0. The monoisotopic (exact) mass is 282 g/mol. The van der Waals surface area contributed by atoms with Crippen LogP contribution < -0.4 is 4.90 Å². The zero-order valence-corrected chi connectivity index (χ0v) is 12.0. The Labute approximate surface area is 116 Å². The Kier molecular flexibility index (Phi) is 4.19. The first kappa shape index (κ1) is 14.0. The molecule has 0 amide bonds. The zero-order valence-electron chi connectivity index (χ0n) is 11.2. The molecule has 0 radical (unpaired) electrons. The number of thiophene rings is 1. The third kappa shape index (κ3) is 2.78. The highest BCUT2D eigenvalue weighted by Gasteiger charge is 2.30. The van der Waals surface area contributed by atoms with Crippen molar-refractivity contribution in [3.8, 4) is 0 Å². The molecule has 1 aromatic rings. The van der Waals surface area contributed by atoms with Crippen molar-refractivity contribution in [1.29, 1.82) is 0 Å². The maximum atomic E-state index is 11.4. The molecule has 5 nitrogen and oxygen atoms in total. The van der Waals surface area contributed by atoms with E-state index in [-0.39, 0.29) is 16.4 Å². The van der Waals surface area contributed by atoms with Gasteiger partial charge in [0.2, 0.25) is 0 Å². The molecule has 0 N–H and O–H groups in total. The minimum Gasteiger partial charge on any atom is -0.355 e. The Bertz CT molecular complexity index is 498. The molecule has 0 bridgehead atoms. The molecule has 2 heterocycles. The quantitative estimate of drug-likeness (QED) is 0.480. The lowest BCUT2D eigenvalue weighted by molar-refractivity contribution is -0.383. The van der Waals surface area contributed by atoms with Gasteiger partial charge < -0.3 is 4.90 Å². The molecule has 0 spiro atoms. The van der Waals surface area contributed by atoms with E-state index in [0.717, 1.165) is 25.8 Å². The van der Waals surface area contributed by atoms with Crippen molar-refractivity contribution in [3.63, 3.8) is 0 Å². The molecule has 1 saturated heterocycles. The fourth-order valence-corrected chi connectivity index (χ4v) is 3.69. The smallest absolute Gasteiger partial charge is 0.304 e.